The number of cyclic esters (lactones) is 4. The molecule has 41 heavy (non-hydrogen) atoms. The van der Waals surface area contributed by atoms with Crippen molar-refractivity contribution in [1.29, 1.82) is 0 Å². The molecule has 1 atom stereocenters. The van der Waals surface area contributed by atoms with Crippen molar-refractivity contribution >= 4 is 23.9 Å². The van der Waals surface area contributed by atoms with E-state index in [9.17, 15) is 19.2 Å². The van der Waals surface area contributed by atoms with Crippen LogP contribution in [0.2, 0.25) is 0 Å². The molecule has 1 unspecified atom stereocenters. The first-order valence-corrected chi connectivity index (χ1v) is 13.2. The van der Waals surface area contributed by atoms with Gasteiger partial charge in [0.05, 0.1) is 0 Å². The lowest BCUT2D eigenvalue weighted by Gasteiger charge is -2.33. The molecule has 0 N–H and O–H groups in total. The largest absolute Gasteiger partial charge is 0.414 e. The summed E-state index contributed by atoms with van der Waals surface area (Å²) in [6.45, 7) is 3.02. The number of rotatable bonds is 6. The van der Waals surface area contributed by atoms with Crippen molar-refractivity contribution in [2.45, 2.75) is 38.3 Å². The van der Waals surface area contributed by atoms with E-state index in [2.05, 4.69) is 0 Å². The van der Waals surface area contributed by atoms with E-state index in [1.165, 1.54) is 26.0 Å². The van der Waals surface area contributed by atoms with Gasteiger partial charge in [0.15, 0.2) is 0 Å². The first-order valence-electron chi connectivity index (χ1n) is 13.2. The summed E-state index contributed by atoms with van der Waals surface area (Å²) in [5.41, 5.74) is 1.29. The Kier molecular flexibility index (Phi) is 7.57. The van der Waals surface area contributed by atoms with Crippen LogP contribution in [0.25, 0.3) is 0 Å². The Bertz CT molecular complexity index is 1490. The van der Waals surface area contributed by atoms with Gasteiger partial charge in [0.1, 0.15) is 11.1 Å². The molecule has 0 aromatic heterocycles. The number of hydrogen-bond acceptors (Lipinski definition) is 8. The third-order valence-corrected chi connectivity index (χ3v) is 7.09. The second-order valence-corrected chi connectivity index (χ2v) is 9.98. The minimum Gasteiger partial charge on any atom is -0.414 e. The average molecular weight is 553 g/mol. The second-order valence-electron chi connectivity index (χ2n) is 9.98. The maximum Gasteiger partial charge on any atom is 0.349 e. The highest BCUT2D eigenvalue weighted by Gasteiger charge is 2.45. The van der Waals surface area contributed by atoms with Crippen LogP contribution in [0.15, 0.2) is 120 Å². The van der Waals surface area contributed by atoms with Gasteiger partial charge in [-0.2, -0.15) is 0 Å². The molecule has 2 aliphatic heterocycles. The number of esters is 4. The molecule has 2 fully saturated rings. The normalized spacial score (nSPS) is 26.1. The highest BCUT2D eigenvalue weighted by Crippen LogP contribution is 2.35. The van der Waals surface area contributed by atoms with E-state index in [1.807, 2.05) is 24.3 Å². The van der Waals surface area contributed by atoms with Crippen molar-refractivity contribution in [3.05, 3.63) is 131 Å². The summed E-state index contributed by atoms with van der Waals surface area (Å²) in [6.07, 6.45) is 12.9. The van der Waals surface area contributed by atoms with E-state index in [-0.39, 0.29) is 23.5 Å². The fourth-order valence-electron chi connectivity index (χ4n) is 4.76. The van der Waals surface area contributed by atoms with Crippen LogP contribution in [0.3, 0.4) is 0 Å². The Morgan fingerprint density at radius 1 is 0.732 bits per heavy atom. The number of hydrogen-bond donors (Lipinski definition) is 0. The third kappa shape index (κ3) is 5.82. The van der Waals surface area contributed by atoms with Gasteiger partial charge in [0.2, 0.25) is 0 Å². The molecule has 208 valence electrons. The van der Waals surface area contributed by atoms with Gasteiger partial charge in [-0.3, -0.25) is 0 Å². The SMILES string of the molecule is CC1(c2ccccc2)OC(=O)C(=CC=C(CC=C2C(=O)OC(C)(c3ccccc3)OC2=O)C2C=CC=CC2)C(=O)O1. The van der Waals surface area contributed by atoms with Gasteiger partial charge >= 0.3 is 23.9 Å². The van der Waals surface area contributed by atoms with Gasteiger partial charge in [-0.1, -0.05) is 103 Å². The number of carbonyl (C=O) groups excluding carboxylic acids is 4. The standard InChI is InChI=1S/C33H28O8/c1-32(24-14-8-4-9-15-24)38-28(34)26(29(35)39-32)20-18-23(22-12-6-3-7-13-22)19-21-27-30(36)40-33(2,41-31(27)37)25-16-10-5-11-17-25/h3-12,14-18,20-22H,13,19H2,1-2H3. The quantitative estimate of drug-likeness (QED) is 0.272. The van der Waals surface area contributed by atoms with Gasteiger partial charge in [-0.15, -0.1) is 0 Å². The Labute approximate surface area is 237 Å². The minimum atomic E-state index is -1.55. The minimum absolute atomic E-state index is 0.107. The highest BCUT2D eigenvalue weighted by atomic mass is 16.8. The van der Waals surface area contributed by atoms with Crippen molar-refractivity contribution in [2.75, 3.05) is 0 Å². The number of carbonyl (C=O) groups is 4. The lowest BCUT2D eigenvalue weighted by molar-refractivity contribution is -0.235. The van der Waals surface area contributed by atoms with Gasteiger partial charge in [0, 0.05) is 30.9 Å². The summed E-state index contributed by atoms with van der Waals surface area (Å²) in [7, 11) is 0. The smallest absolute Gasteiger partial charge is 0.349 e. The summed E-state index contributed by atoms with van der Waals surface area (Å²) in [5, 5.41) is 0. The van der Waals surface area contributed by atoms with Crippen molar-refractivity contribution in [2.24, 2.45) is 5.92 Å². The third-order valence-electron chi connectivity index (χ3n) is 7.09. The number of ether oxygens (including phenoxy) is 4. The lowest BCUT2D eigenvalue weighted by Crippen LogP contribution is -2.42. The first-order chi connectivity index (χ1) is 19.7. The second kappa shape index (κ2) is 11.3. The molecule has 1 aliphatic carbocycles. The van der Waals surface area contributed by atoms with Crippen LogP contribution in [-0.4, -0.2) is 23.9 Å². The maximum atomic E-state index is 12.9. The molecule has 2 heterocycles. The Balaban J connectivity index is 1.38. The highest BCUT2D eigenvalue weighted by molar-refractivity contribution is 6.16. The lowest BCUT2D eigenvalue weighted by atomic mass is 9.89. The van der Waals surface area contributed by atoms with E-state index < -0.39 is 35.5 Å². The molecule has 2 aromatic carbocycles. The fraction of sp³-hybridized carbons (Fsp3) is 0.212. The van der Waals surface area contributed by atoms with Crippen molar-refractivity contribution in [1.82, 2.24) is 0 Å². The van der Waals surface area contributed by atoms with E-state index in [0.717, 1.165) is 5.57 Å². The van der Waals surface area contributed by atoms with Crippen molar-refractivity contribution in [3.8, 4) is 0 Å². The number of benzene rings is 2. The predicted octanol–water partition coefficient (Wildman–Crippen LogP) is 5.23. The van der Waals surface area contributed by atoms with E-state index in [1.54, 1.807) is 66.7 Å². The van der Waals surface area contributed by atoms with E-state index in [0.29, 0.717) is 17.5 Å². The van der Waals surface area contributed by atoms with Crippen LogP contribution in [0.1, 0.15) is 37.8 Å². The fourth-order valence-corrected chi connectivity index (χ4v) is 4.76. The van der Waals surface area contributed by atoms with Crippen molar-refractivity contribution < 1.29 is 38.1 Å². The van der Waals surface area contributed by atoms with E-state index >= 15 is 0 Å². The summed E-state index contributed by atoms with van der Waals surface area (Å²) < 4.78 is 22.1. The molecule has 3 aliphatic rings. The molecule has 0 spiro atoms. The zero-order valence-electron chi connectivity index (χ0n) is 22.6. The average Bonchev–Trinajstić information content (AvgIpc) is 2.96. The van der Waals surface area contributed by atoms with E-state index in [4.69, 9.17) is 18.9 Å². The predicted molar refractivity (Wildman–Crippen MR) is 147 cm³/mol. The van der Waals surface area contributed by atoms with Crippen LogP contribution >= 0.6 is 0 Å². The van der Waals surface area contributed by atoms with Crippen molar-refractivity contribution in [3.63, 3.8) is 0 Å². The molecule has 8 heteroatoms. The zero-order chi connectivity index (χ0) is 29.0. The van der Waals surface area contributed by atoms with Crippen LogP contribution in [0, 0.1) is 5.92 Å². The van der Waals surface area contributed by atoms with Gasteiger partial charge < -0.3 is 18.9 Å². The monoisotopic (exact) mass is 552 g/mol. The molecule has 0 bridgehead atoms. The van der Waals surface area contributed by atoms with Gasteiger partial charge in [-0.25, -0.2) is 19.2 Å². The topological polar surface area (TPSA) is 105 Å². The summed E-state index contributed by atoms with van der Waals surface area (Å²) in [5.74, 6) is -6.43. The van der Waals surface area contributed by atoms with Crippen LogP contribution in [-0.2, 0) is 49.7 Å². The first kappa shape index (κ1) is 27.6. The molecular weight excluding hydrogens is 524 g/mol. The molecule has 0 amide bonds. The molecule has 8 nitrogen and oxygen atoms in total. The van der Waals surface area contributed by atoms with Gasteiger partial charge in [-0.05, 0) is 18.9 Å². The molecule has 2 saturated heterocycles. The molecular formula is C33H28O8. The zero-order valence-corrected chi connectivity index (χ0v) is 22.6. The maximum absolute atomic E-state index is 12.9. The Morgan fingerprint density at radius 2 is 1.22 bits per heavy atom. The summed E-state index contributed by atoms with van der Waals surface area (Å²) in [4.78, 5) is 51.5. The Hall–Kier alpha value is -4.98. The van der Waals surface area contributed by atoms with Gasteiger partial charge in [0.25, 0.3) is 11.6 Å². The summed E-state index contributed by atoms with van der Waals surface area (Å²) >= 11 is 0. The summed E-state index contributed by atoms with van der Waals surface area (Å²) in [6, 6.07) is 17.4. The molecule has 0 saturated carbocycles. The van der Waals surface area contributed by atoms with Crippen LogP contribution in [0.5, 0.6) is 0 Å². The number of allylic oxidation sites excluding steroid dienone is 8. The van der Waals surface area contributed by atoms with Crippen LogP contribution < -0.4 is 0 Å². The van der Waals surface area contributed by atoms with Crippen LogP contribution in [0.4, 0.5) is 0 Å². The molecule has 0 radical (unpaired) electrons. The molecule has 2 aromatic rings. The molecule has 5 rings (SSSR count). The Morgan fingerprint density at radius 3 is 1.68 bits per heavy atom.